The predicted molar refractivity (Wildman–Crippen MR) is 109 cm³/mol. The Balaban J connectivity index is 1.85. The minimum absolute atomic E-state index is 1.20. The summed E-state index contributed by atoms with van der Waals surface area (Å²) in [6.07, 6.45) is 0. The molecule has 0 aliphatic carbocycles. The van der Waals surface area contributed by atoms with Gasteiger partial charge in [-0.25, -0.2) is 0 Å². The van der Waals surface area contributed by atoms with Crippen LogP contribution in [-0.2, 0) is 0 Å². The van der Waals surface area contributed by atoms with E-state index in [1.807, 2.05) is 11.3 Å². The second kappa shape index (κ2) is 5.61. The molecule has 5 rings (SSSR count). The zero-order valence-corrected chi connectivity index (χ0v) is 14.8. The maximum absolute atomic E-state index is 2.36. The largest absolute Gasteiger partial charge is 0.309 e. The van der Waals surface area contributed by atoms with Crippen molar-refractivity contribution < 1.29 is 0 Å². The van der Waals surface area contributed by atoms with Gasteiger partial charge in [-0.05, 0) is 55.0 Å². The normalized spacial score (nSPS) is 11.4. The summed E-state index contributed by atoms with van der Waals surface area (Å²) in [6.45, 7) is 2.16. The number of hydrogen-bond acceptors (Lipinski definition) is 1. The molecule has 120 valence electrons. The lowest BCUT2D eigenvalue weighted by Gasteiger charge is -2.07. The molecule has 3 aromatic carbocycles. The van der Waals surface area contributed by atoms with E-state index < -0.39 is 0 Å². The summed E-state index contributed by atoms with van der Waals surface area (Å²) in [5.74, 6) is 0. The lowest BCUT2D eigenvalue weighted by molar-refractivity contribution is 1.18. The number of para-hydroxylation sites is 2. The van der Waals surface area contributed by atoms with Crippen molar-refractivity contribution in [2.24, 2.45) is 0 Å². The molecule has 2 heteroatoms. The molecule has 25 heavy (non-hydrogen) atoms. The topological polar surface area (TPSA) is 4.93 Å². The summed E-state index contributed by atoms with van der Waals surface area (Å²) < 4.78 is 2.36. The van der Waals surface area contributed by atoms with Gasteiger partial charge < -0.3 is 4.57 Å². The molecule has 0 unspecified atom stereocenters. The molecular weight excluding hydrogens is 322 g/mol. The molecule has 0 spiro atoms. The molecule has 1 nitrogen and oxygen atoms in total. The highest BCUT2D eigenvalue weighted by Gasteiger charge is 2.13. The van der Waals surface area contributed by atoms with Crippen LogP contribution in [0.25, 0.3) is 37.9 Å². The second-order valence-corrected chi connectivity index (χ2v) is 7.62. The van der Waals surface area contributed by atoms with Gasteiger partial charge in [-0.2, -0.15) is 0 Å². The fourth-order valence-electron chi connectivity index (χ4n) is 3.57. The zero-order chi connectivity index (χ0) is 16.8. The molecular formula is C23H17NS. The summed E-state index contributed by atoms with van der Waals surface area (Å²) in [5.41, 5.74) is 5.00. The van der Waals surface area contributed by atoms with E-state index in [2.05, 4.69) is 96.4 Å². The third-order valence-corrected chi connectivity index (χ3v) is 5.76. The van der Waals surface area contributed by atoms with Gasteiger partial charge in [0.25, 0.3) is 0 Å². The van der Waals surface area contributed by atoms with Gasteiger partial charge in [-0.3, -0.25) is 0 Å². The fourth-order valence-corrected chi connectivity index (χ4v) is 4.43. The predicted octanol–water partition coefficient (Wildman–Crippen LogP) is 6.82. The molecule has 0 radical (unpaired) electrons. The summed E-state index contributed by atoms with van der Waals surface area (Å²) in [6, 6.07) is 30.5. The van der Waals surface area contributed by atoms with Crippen LogP contribution in [0.15, 0.2) is 84.9 Å². The number of aryl methyl sites for hydroxylation is 1. The molecule has 0 atom stereocenters. The zero-order valence-electron chi connectivity index (χ0n) is 13.9. The van der Waals surface area contributed by atoms with Crippen LogP contribution in [0.3, 0.4) is 0 Å². The highest BCUT2D eigenvalue weighted by molar-refractivity contribution is 7.15. The van der Waals surface area contributed by atoms with Crippen LogP contribution in [0, 0.1) is 6.92 Å². The first-order chi connectivity index (χ1) is 12.3. The molecule has 0 saturated heterocycles. The van der Waals surface area contributed by atoms with E-state index in [1.54, 1.807) is 0 Å². The average Bonchev–Trinajstić information content (AvgIpc) is 3.23. The van der Waals surface area contributed by atoms with Gasteiger partial charge in [0.05, 0.1) is 11.0 Å². The van der Waals surface area contributed by atoms with Gasteiger partial charge in [0.1, 0.15) is 0 Å². The van der Waals surface area contributed by atoms with E-state index in [-0.39, 0.29) is 0 Å². The molecule has 0 amide bonds. The van der Waals surface area contributed by atoms with Gasteiger partial charge in [-0.15, -0.1) is 11.3 Å². The van der Waals surface area contributed by atoms with Crippen LogP contribution in [0.1, 0.15) is 4.88 Å². The van der Waals surface area contributed by atoms with E-state index in [9.17, 15) is 0 Å². The standard InChI is InChI=1S/C23H17NS/c1-16-11-14-23(25-16)17-12-13-22-20(15-17)19-9-5-6-10-21(19)24(22)18-7-3-2-4-8-18/h2-15H,1H3. The van der Waals surface area contributed by atoms with Gasteiger partial charge in [0.15, 0.2) is 0 Å². The van der Waals surface area contributed by atoms with Crippen LogP contribution in [0.5, 0.6) is 0 Å². The monoisotopic (exact) mass is 339 g/mol. The molecule has 0 N–H and O–H groups in total. The Morgan fingerprint density at radius 1 is 0.680 bits per heavy atom. The minimum Gasteiger partial charge on any atom is -0.309 e. The Morgan fingerprint density at radius 3 is 2.24 bits per heavy atom. The van der Waals surface area contributed by atoms with Crippen molar-refractivity contribution >= 4 is 33.1 Å². The molecule has 2 heterocycles. The number of aromatic nitrogens is 1. The Labute approximate surface area is 150 Å². The second-order valence-electron chi connectivity index (χ2n) is 6.33. The molecule has 5 aromatic rings. The smallest absolute Gasteiger partial charge is 0.0541 e. The Hall–Kier alpha value is -2.84. The van der Waals surface area contributed by atoms with Crippen molar-refractivity contribution in [1.82, 2.24) is 4.57 Å². The van der Waals surface area contributed by atoms with E-state index in [1.165, 1.54) is 42.8 Å². The first kappa shape index (κ1) is 14.5. The number of hydrogen-bond donors (Lipinski definition) is 0. The number of thiophene rings is 1. The lowest BCUT2D eigenvalue weighted by atomic mass is 10.1. The first-order valence-electron chi connectivity index (χ1n) is 8.47. The molecule has 2 aromatic heterocycles. The van der Waals surface area contributed by atoms with Crippen molar-refractivity contribution in [3.05, 3.63) is 89.8 Å². The highest BCUT2D eigenvalue weighted by Crippen LogP contribution is 2.36. The van der Waals surface area contributed by atoms with Crippen LogP contribution in [0.4, 0.5) is 0 Å². The van der Waals surface area contributed by atoms with Crippen LogP contribution in [0.2, 0.25) is 0 Å². The SMILES string of the molecule is Cc1ccc(-c2ccc3c(c2)c2ccccc2n3-c2ccccc2)s1. The number of rotatable bonds is 2. The quantitative estimate of drug-likeness (QED) is 0.332. The molecule has 0 aliphatic heterocycles. The maximum Gasteiger partial charge on any atom is 0.0541 e. The summed E-state index contributed by atoms with van der Waals surface area (Å²) >= 11 is 1.85. The molecule has 0 aliphatic rings. The van der Waals surface area contributed by atoms with Crippen LogP contribution < -0.4 is 0 Å². The van der Waals surface area contributed by atoms with E-state index in [0.717, 1.165) is 0 Å². The number of fused-ring (bicyclic) bond motifs is 3. The van der Waals surface area contributed by atoms with E-state index >= 15 is 0 Å². The van der Waals surface area contributed by atoms with Crippen molar-refractivity contribution in [2.75, 3.05) is 0 Å². The maximum atomic E-state index is 2.36. The van der Waals surface area contributed by atoms with Gasteiger partial charge in [-0.1, -0.05) is 42.5 Å². The fraction of sp³-hybridized carbons (Fsp3) is 0.0435. The van der Waals surface area contributed by atoms with Crippen LogP contribution in [-0.4, -0.2) is 4.57 Å². The summed E-state index contributed by atoms with van der Waals surface area (Å²) in [7, 11) is 0. The molecule has 0 saturated carbocycles. The third-order valence-electron chi connectivity index (χ3n) is 4.71. The van der Waals surface area contributed by atoms with Gasteiger partial charge >= 0.3 is 0 Å². The first-order valence-corrected chi connectivity index (χ1v) is 9.28. The minimum atomic E-state index is 1.20. The van der Waals surface area contributed by atoms with Crippen molar-refractivity contribution in [3.63, 3.8) is 0 Å². The Morgan fingerprint density at radius 2 is 1.44 bits per heavy atom. The van der Waals surface area contributed by atoms with Crippen LogP contribution >= 0.6 is 11.3 Å². The molecule has 0 bridgehead atoms. The Bertz CT molecular complexity index is 1190. The van der Waals surface area contributed by atoms with Crippen molar-refractivity contribution in [3.8, 4) is 16.1 Å². The third kappa shape index (κ3) is 2.30. The number of nitrogens with zero attached hydrogens (tertiary/aromatic N) is 1. The van der Waals surface area contributed by atoms with Crippen molar-refractivity contribution in [1.29, 1.82) is 0 Å². The summed E-state index contributed by atoms with van der Waals surface area (Å²) in [4.78, 5) is 2.68. The highest BCUT2D eigenvalue weighted by atomic mass is 32.1. The van der Waals surface area contributed by atoms with Gasteiger partial charge in [0.2, 0.25) is 0 Å². The Kier molecular flexibility index (Phi) is 3.25. The van der Waals surface area contributed by atoms with E-state index in [4.69, 9.17) is 0 Å². The lowest BCUT2D eigenvalue weighted by Crippen LogP contribution is -1.92. The van der Waals surface area contributed by atoms with E-state index in [0.29, 0.717) is 0 Å². The van der Waals surface area contributed by atoms with Gasteiger partial charge in [0, 0.05) is 26.2 Å². The molecule has 0 fully saturated rings. The number of benzene rings is 3. The average molecular weight is 339 g/mol. The summed E-state index contributed by atoms with van der Waals surface area (Å²) in [5, 5.41) is 2.61. The van der Waals surface area contributed by atoms with Crippen molar-refractivity contribution in [2.45, 2.75) is 6.92 Å².